The normalized spacial score (nSPS) is 20.1. The van der Waals surface area contributed by atoms with Gasteiger partial charge in [-0.1, -0.05) is 46.5 Å². The molecule has 106 valence electrons. The van der Waals surface area contributed by atoms with E-state index < -0.39 is 5.97 Å². The van der Waals surface area contributed by atoms with Gasteiger partial charge in [0.15, 0.2) is 0 Å². The van der Waals surface area contributed by atoms with Crippen molar-refractivity contribution in [3.05, 3.63) is 0 Å². The third kappa shape index (κ3) is 5.38. The highest BCUT2D eigenvalue weighted by molar-refractivity contribution is 5.69. The minimum absolute atomic E-state index is 0.257. The molecule has 1 unspecified atom stereocenters. The van der Waals surface area contributed by atoms with Crippen molar-refractivity contribution in [3.63, 3.8) is 0 Å². The van der Waals surface area contributed by atoms with Gasteiger partial charge in [-0.05, 0) is 18.8 Å². The third-order valence-electron chi connectivity index (χ3n) is 3.87. The quantitative estimate of drug-likeness (QED) is 0.740. The summed E-state index contributed by atoms with van der Waals surface area (Å²) >= 11 is 0. The maximum absolute atomic E-state index is 11.0. The van der Waals surface area contributed by atoms with Gasteiger partial charge in [-0.15, -0.1) is 0 Å². The van der Waals surface area contributed by atoms with Crippen LogP contribution in [0.15, 0.2) is 0 Å². The average Bonchev–Trinajstić information content (AvgIpc) is 2.55. The van der Waals surface area contributed by atoms with E-state index in [0.717, 1.165) is 6.54 Å². The van der Waals surface area contributed by atoms with Crippen LogP contribution in [0.1, 0.15) is 59.3 Å². The van der Waals surface area contributed by atoms with Gasteiger partial charge in [0.1, 0.15) is 0 Å². The molecule has 0 bridgehead atoms. The first kappa shape index (κ1) is 15.5. The SMILES string of the molecule is CC(C)CN(CC(C)C(=O)O)C1CCCCCC1. The van der Waals surface area contributed by atoms with E-state index in [1.165, 1.54) is 38.5 Å². The van der Waals surface area contributed by atoms with Crippen molar-refractivity contribution in [1.29, 1.82) is 0 Å². The molecule has 0 amide bonds. The second-order valence-electron chi connectivity index (χ2n) is 6.23. The van der Waals surface area contributed by atoms with Gasteiger partial charge < -0.3 is 5.11 Å². The topological polar surface area (TPSA) is 40.5 Å². The molecule has 1 atom stereocenters. The Morgan fingerprint density at radius 2 is 1.67 bits per heavy atom. The molecule has 1 rings (SSSR count). The van der Waals surface area contributed by atoms with Crippen LogP contribution in [-0.2, 0) is 4.79 Å². The van der Waals surface area contributed by atoms with Gasteiger partial charge in [0.2, 0.25) is 0 Å². The lowest BCUT2D eigenvalue weighted by Gasteiger charge is -2.33. The fourth-order valence-corrected chi connectivity index (χ4v) is 2.89. The van der Waals surface area contributed by atoms with Crippen LogP contribution in [0.25, 0.3) is 0 Å². The van der Waals surface area contributed by atoms with E-state index in [4.69, 9.17) is 5.11 Å². The molecular weight excluding hydrogens is 226 g/mol. The Labute approximate surface area is 112 Å². The Balaban J connectivity index is 2.60. The molecule has 0 spiro atoms. The van der Waals surface area contributed by atoms with Crippen LogP contribution in [0.5, 0.6) is 0 Å². The standard InChI is InChI=1S/C15H29NO2/c1-12(2)10-16(11-13(3)15(17)18)14-8-6-4-5-7-9-14/h12-14H,4-11H2,1-3H3,(H,17,18). The van der Waals surface area contributed by atoms with Crippen molar-refractivity contribution in [1.82, 2.24) is 4.90 Å². The van der Waals surface area contributed by atoms with Crippen LogP contribution in [-0.4, -0.2) is 35.1 Å². The summed E-state index contributed by atoms with van der Waals surface area (Å²) in [6.45, 7) is 8.00. The smallest absolute Gasteiger partial charge is 0.307 e. The van der Waals surface area contributed by atoms with Gasteiger partial charge in [0.05, 0.1) is 5.92 Å². The number of nitrogens with zero attached hydrogens (tertiary/aromatic N) is 1. The highest BCUT2D eigenvalue weighted by Gasteiger charge is 2.24. The number of carboxylic acids is 1. The van der Waals surface area contributed by atoms with E-state index in [-0.39, 0.29) is 5.92 Å². The molecule has 3 heteroatoms. The predicted octanol–water partition coefficient (Wildman–Crippen LogP) is 3.39. The number of rotatable bonds is 6. The van der Waals surface area contributed by atoms with Gasteiger partial charge in [0.25, 0.3) is 0 Å². The second kappa shape index (κ2) is 7.78. The molecule has 0 heterocycles. The molecule has 1 aliphatic carbocycles. The minimum atomic E-state index is -0.669. The fourth-order valence-electron chi connectivity index (χ4n) is 2.89. The molecule has 1 N–H and O–H groups in total. The van der Waals surface area contributed by atoms with Crippen molar-refractivity contribution >= 4 is 5.97 Å². The first-order valence-electron chi connectivity index (χ1n) is 7.47. The lowest BCUT2D eigenvalue weighted by molar-refractivity contribution is -0.142. The Morgan fingerprint density at radius 1 is 1.11 bits per heavy atom. The van der Waals surface area contributed by atoms with Crippen LogP contribution in [0.2, 0.25) is 0 Å². The number of carboxylic acid groups (broad SMARTS) is 1. The largest absolute Gasteiger partial charge is 0.481 e. The summed E-state index contributed by atoms with van der Waals surface area (Å²) in [5, 5.41) is 9.09. The molecule has 0 aromatic heterocycles. The molecule has 1 fully saturated rings. The molecule has 0 aliphatic heterocycles. The molecule has 0 radical (unpaired) electrons. The monoisotopic (exact) mass is 255 g/mol. The Kier molecular flexibility index (Phi) is 6.69. The Morgan fingerprint density at radius 3 is 2.11 bits per heavy atom. The average molecular weight is 255 g/mol. The molecule has 1 saturated carbocycles. The molecular formula is C15H29NO2. The summed E-state index contributed by atoms with van der Waals surface area (Å²) < 4.78 is 0. The summed E-state index contributed by atoms with van der Waals surface area (Å²) in [5.41, 5.74) is 0. The predicted molar refractivity (Wildman–Crippen MR) is 74.7 cm³/mol. The number of aliphatic carboxylic acids is 1. The van der Waals surface area contributed by atoms with Crippen molar-refractivity contribution in [3.8, 4) is 0 Å². The van der Waals surface area contributed by atoms with Crippen molar-refractivity contribution in [2.75, 3.05) is 13.1 Å². The number of carbonyl (C=O) groups is 1. The molecule has 0 aromatic rings. The van der Waals surface area contributed by atoms with Crippen LogP contribution in [0, 0.1) is 11.8 Å². The van der Waals surface area contributed by atoms with Crippen LogP contribution < -0.4 is 0 Å². The van der Waals surface area contributed by atoms with Crippen LogP contribution in [0.4, 0.5) is 0 Å². The summed E-state index contributed by atoms with van der Waals surface area (Å²) in [5.74, 6) is -0.321. The highest BCUT2D eigenvalue weighted by atomic mass is 16.4. The lowest BCUT2D eigenvalue weighted by atomic mass is 10.0. The van der Waals surface area contributed by atoms with Gasteiger partial charge in [-0.3, -0.25) is 9.69 Å². The van der Waals surface area contributed by atoms with Crippen molar-refractivity contribution in [2.24, 2.45) is 11.8 Å². The van der Waals surface area contributed by atoms with E-state index in [0.29, 0.717) is 18.5 Å². The molecule has 0 aromatic carbocycles. The van der Waals surface area contributed by atoms with Gasteiger partial charge >= 0.3 is 5.97 Å². The minimum Gasteiger partial charge on any atom is -0.481 e. The Hall–Kier alpha value is -0.570. The van der Waals surface area contributed by atoms with Crippen LogP contribution >= 0.6 is 0 Å². The number of hydrogen-bond acceptors (Lipinski definition) is 2. The summed E-state index contributed by atoms with van der Waals surface area (Å²) in [7, 11) is 0. The molecule has 1 aliphatic rings. The van der Waals surface area contributed by atoms with Gasteiger partial charge in [-0.2, -0.15) is 0 Å². The summed E-state index contributed by atoms with van der Waals surface area (Å²) in [6.07, 6.45) is 7.81. The van der Waals surface area contributed by atoms with Crippen molar-refractivity contribution < 1.29 is 9.90 Å². The zero-order chi connectivity index (χ0) is 13.5. The summed E-state index contributed by atoms with van der Waals surface area (Å²) in [6, 6.07) is 0.608. The fraction of sp³-hybridized carbons (Fsp3) is 0.933. The Bertz CT molecular complexity index is 245. The van der Waals surface area contributed by atoms with E-state index in [1.807, 2.05) is 6.92 Å². The van der Waals surface area contributed by atoms with E-state index >= 15 is 0 Å². The zero-order valence-corrected chi connectivity index (χ0v) is 12.2. The van der Waals surface area contributed by atoms with Crippen molar-refractivity contribution in [2.45, 2.75) is 65.3 Å². The van der Waals surface area contributed by atoms with Gasteiger partial charge in [0, 0.05) is 19.1 Å². The zero-order valence-electron chi connectivity index (χ0n) is 12.2. The number of hydrogen-bond donors (Lipinski definition) is 1. The molecule has 18 heavy (non-hydrogen) atoms. The van der Waals surface area contributed by atoms with E-state index in [2.05, 4.69) is 18.7 Å². The first-order chi connectivity index (χ1) is 8.50. The highest BCUT2D eigenvalue weighted by Crippen LogP contribution is 2.23. The van der Waals surface area contributed by atoms with E-state index in [1.54, 1.807) is 0 Å². The first-order valence-corrected chi connectivity index (χ1v) is 7.47. The molecule has 3 nitrogen and oxygen atoms in total. The third-order valence-corrected chi connectivity index (χ3v) is 3.87. The van der Waals surface area contributed by atoms with E-state index in [9.17, 15) is 4.79 Å². The lowest BCUT2D eigenvalue weighted by Crippen LogP contribution is -2.41. The second-order valence-corrected chi connectivity index (χ2v) is 6.23. The molecule has 0 saturated heterocycles. The maximum Gasteiger partial charge on any atom is 0.307 e. The van der Waals surface area contributed by atoms with Crippen LogP contribution in [0.3, 0.4) is 0 Å². The van der Waals surface area contributed by atoms with Gasteiger partial charge in [-0.25, -0.2) is 0 Å². The summed E-state index contributed by atoms with van der Waals surface area (Å²) in [4.78, 5) is 13.5. The maximum atomic E-state index is 11.0.